The Morgan fingerprint density at radius 3 is 2.74 bits per heavy atom. The van der Waals surface area contributed by atoms with Crippen molar-refractivity contribution < 1.29 is 19.4 Å². The molecule has 0 fully saturated rings. The molecule has 2 aromatic carbocycles. The number of hydrogen-bond acceptors (Lipinski definition) is 5. The first-order valence-electron chi connectivity index (χ1n) is 7.16. The third-order valence-electron chi connectivity index (χ3n) is 3.49. The molecule has 6 heteroatoms. The van der Waals surface area contributed by atoms with Crippen LogP contribution >= 0.6 is 0 Å². The standard InChI is InChI=1S/C17H16N2O4/c1-11-2-7-14-15(8-11)23-17(22)10-19(14)9-16(21)18-12-3-5-13(20)6-4-12/h2-8,20H,9-10H2,1H3,(H,18,21). The molecular weight excluding hydrogens is 296 g/mol. The minimum absolute atomic E-state index is 0.0268. The zero-order chi connectivity index (χ0) is 16.4. The van der Waals surface area contributed by atoms with Gasteiger partial charge in [0, 0.05) is 5.69 Å². The van der Waals surface area contributed by atoms with Gasteiger partial charge in [0.15, 0.2) is 5.75 Å². The summed E-state index contributed by atoms with van der Waals surface area (Å²) in [5.74, 6) is -0.0396. The van der Waals surface area contributed by atoms with Crippen LogP contribution in [0.4, 0.5) is 11.4 Å². The number of phenolic OH excluding ortho intramolecular Hbond substituents is 1. The highest BCUT2D eigenvalue weighted by Gasteiger charge is 2.25. The van der Waals surface area contributed by atoms with Gasteiger partial charge in [0.05, 0.1) is 12.2 Å². The second kappa shape index (κ2) is 6.00. The van der Waals surface area contributed by atoms with Crippen molar-refractivity contribution in [1.82, 2.24) is 0 Å². The molecule has 0 aliphatic carbocycles. The monoisotopic (exact) mass is 312 g/mol. The molecule has 0 unspecified atom stereocenters. The number of carbonyl (C=O) groups is 2. The van der Waals surface area contributed by atoms with E-state index < -0.39 is 0 Å². The number of nitrogens with zero attached hydrogens (tertiary/aromatic N) is 1. The largest absolute Gasteiger partial charge is 0.508 e. The van der Waals surface area contributed by atoms with Gasteiger partial charge in [-0.1, -0.05) is 6.07 Å². The summed E-state index contributed by atoms with van der Waals surface area (Å²) in [5, 5.41) is 12.0. The van der Waals surface area contributed by atoms with E-state index in [9.17, 15) is 14.7 Å². The Kier molecular flexibility index (Phi) is 3.89. The number of aryl methyl sites for hydroxylation is 1. The number of aromatic hydroxyl groups is 1. The van der Waals surface area contributed by atoms with Crippen molar-refractivity contribution in [3.63, 3.8) is 0 Å². The van der Waals surface area contributed by atoms with Crippen LogP contribution in [0.5, 0.6) is 11.5 Å². The minimum Gasteiger partial charge on any atom is -0.508 e. The van der Waals surface area contributed by atoms with E-state index >= 15 is 0 Å². The molecule has 0 spiro atoms. The van der Waals surface area contributed by atoms with Gasteiger partial charge in [-0.15, -0.1) is 0 Å². The summed E-state index contributed by atoms with van der Waals surface area (Å²) in [4.78, 5) is 25.6. The average molecular weight is 312 g/mol. The van der Waals surface area contributed by atoms with Gasteiger partial charge in [0.25, 0.3) is 0 Å². The third-order valence-corrected chi connectivity index (χ3v) is 3.49. The fraction of sp³-hybridized carbons (Fsp3) is 0.176. The van der Waals surface area contributed by atoms with E-state index in [1.807, 2.05) is 19.1 Å². The highest BCUT2D eigenvalue weighted by molar-refractivity contribution is 5.96. The van der Waals surface area contributed by atoms with Crippen molar-refractivity contribution >= 4 is 23.3 Å². The van der Waals surface area contributed by atoms with E-state index in [1.165, 1.54) is 12.1 Å². The van der Waals surface area contributed by atoms with Crippen molar-refractivity contribution in [2.45, 2.75) is 6.92 Å². The number of nitrogens with one attached hydrogen (secondary N) is 1. The topological polar surface area (TPSA) is 78.9 Å². The predicted octanol–water partition coefficient (Wildman–Crippen LogP) is 2.06. The Bertz CT molecular complexity index is 756. The van der Waals surface area contributed by atoms with E-state index in [0.29, 0.717) is 11.4 Å². The van der Waals surface area contributed by atoms with Gasteiger partial charge in [-0.3, -0.25) is 4.79 Å². The highest BCUT2D eigenvalue weighted by Crippen LogP contribution is 2.32. The molecular formula is C17H16N2O4. The van der Waals surface area contributed by atoms with Gasteiger partial charge in [-0.25, -0.2) is 4.79 Å². The van der Waals surface area contributed by atoms with Crippen LogP contribution in [0, 0.1) is 6.92 Å². The zero-order valence-corrected chi connectivity index (χ0v) is 12.6. The molecule has 1 aliphatic rings. The first-order chi connectivity index (χ1) is 11.0. The summed E-state index contributed by atoms with van der Waals surface area (Å²) in [6, 6.07) is 11.7. The van der Waals surface area contributed by atoms with E-state index in [0.717, 1.165) is 11.3 Å². The lowest BCUT2D eigenvalue weighted by atomic mass is 10.1. The Morgan fingerprint density at radius 2 is 2.00 bits per heavy atom. The van der Waals surface area contributed by atoms with Crippen LogP contribution in [0.3, 0.4) is 0 Å². The number of amides is 1. The quantitative estimate of drug-likeness (QED) is 0.515. The maximum atomic E-state index is 12.2. The predicted molar refractivity (Wildman–Crippen MR) is 85.8 cm³/mol. The molecule has 1 amide bonds. The van der Waals surface area contributed by atoms with Crippen molar-refractivity contribution in [2.24, 2.45) is 0 Å². The zero-order valence-electron chi connectivity index (χ0n) is 12.6. The number of carbonyl (C=O) groups excluding carboxylic acids is 2. The van der Waals surface area contributed by atoms with Crippen LogP contribution < -0.4 is 15.0 Å². The summed E-state index contributed by atoms with van der Waals surface area (Å²) in [5.41, 5.74) is 2.28. The Balaban J connectivity index is 1.73. The number of ether oxygens (including phenoxy) is 1. The maximum absolute atomic E-state index is 12.2. The van der Waals surface area contributed by atoms with Crippen LogP contribution in [0.2, 0.25) is 0 Å². The summed E-state index contributed by atoms with van der Waals surface area (Å²) in [6.45, 7) is 1.97. The fourth-order valence-corrected chi connectivity index (χ4v) is 2.42. The van der Waals surface area contributed by atoms with Crippen LogP contribution in [0.25, 0.3) is 0 Å². The average Bonchev–Trinajstić information content (AvgIpc) is 2.49. The van der Waals surface area contributed by atoms with Crippen LogP contribution in [-0.2, 0) is 9.59 Å². The molecule has 0 saturated carbocycles. The first kappa shape index (κ1) is 14.9. The molecule has 0 bridgehead atoms. The molecule has 1 aliphatic heterocycles. The second-order valence-corrected chi connectivity index (χ2v) is 5.40. The molecule has 2 aromatic rings. The number of anilines is 2. The number of phenols is 1. The van der Waals surface area contributed by atoms with E-state index in [1.54, 1.807) is 23.1 Å². The Morgan fingerprint density at radius 1 is 1.26 bits per heavy atom. The first-order valence-corrected chi connectivity index (χ1v) is 7.16. The smallest absolute Gasteiger partial charge is 0.331 e. The lowest BCUT2D eigenvalue weighted by Crippen LogP contribution is -2.41. The van der Waals surface area contributed by atoms with Crippen LogP contribution in [-0.4, -0.2) is 30.1 Å². The second-order valence-electron chi connectivity index (χ2n) is 5.40. The molecule has 0 saturated heterocycles. The van der Waals surface area contributed by atoms with Crippen molar-refractivity contribution in [3.8, 4) is 11.5 Å². The maximum Gasteiger partial charge on any atom is 0.331 e. The van der Waals surface area contributed by atoms with Crippen molar-refractivity contribution in [2.75, 3.05) is 23.3 Å². The van der Waals surface area contributed by atoms with E-state index in [-0.39, 0.29) is 30.7 Å². The van der Waals surface area contributed by atoms with Crippen molar-refractivity contribution in [3.05, 3.63) is 48.0 Å². The summed E-state index contributed by atoms with van der Waals surface area (Å²) >= 11 is 0. The number of fused-ring (bicyclic) bond motifs is 1. The lowest BCUT2D eigenvalue weighted by Gasteiger charge is -2.29. The molecule has 118 valence electrons. The van der Waals surface area contributed by atoms with Crippen LogP contribution in [0.1, 0.15) is 5.56 Å². The van der Waals surface area contributed by atoms with Gasteiger partial charge in [0.1, 0.15) is 12.3 Å². The fourth-order valence-electron chi connectivity index (χ4n) is 2.42. The minimum atomic E-state index is -0.388. The molecule has 0 radical (unpaired) electrons. The third kappa shape index (κ3) is 3.42. The van der Waals surface area contributed by atoms with Crippen LogP contribution in [0.15, 0.2) is 42.5 Å². The summed E-state index contributed by atoms with van der Waals surface area (Å²) in [6.07, 6.45) is 0. The molecule has 0 aromatic heterocycles. The molecule has 23 heavy (non-hydrogen) atoms. The lowest BCUT2D eigenvalue weighted by molar-refractivity contribution is -0.133. The number of rotatable bonds is 3. The normalized spacial score (nSPS) is 13.3. The van der Waals surface area contributed by atoms with Gasteiger partial charge >= 0.3 is 5.97 Å². The Labute approximate surface area is 133 Å². The number of benzene rings is 2. The highest BCUT2D eigenvalue weighted by atomic mass is 16.5. The van der Waals surface area contributed by atoms with E-state index in [4.69, 9.17) is 4.74 Å². The van der Waals surface area contributed by atoms with E-state index in [2.05, 4.69) is 5.32 Å². The molecule has 6 nitrogen and oxygen atoms in total. The van der Waals surface area contributed by atoms with Gasteiger partial charge < -0.3 is 20.1 Å². The Hall–Kier alpha value is -3.02. The summed E-state index contributed by atoms with van der Waals surface area (Å²) < 4.78 is 5.22. The summed E-state index contributed by atoms with van der Waals surface area (Å²) in [7, 11) is 0. The number of hydrogen-bond donors (Lipinski definition) is 2. The molecule has 3 rings (SSSR count). The molecule has 2 N–H and O–H groups in total. The number of esters is 1. The molecule has 0 atom stereocenters. The van der Waals surface area contributed by atoms with Gasteiger partial charge in [-0.05, 0) is 48.9 Å². The molecule has 1 heterocycles. The SMILES string of the molecule is Cc1ccc2c(c1)OC(=O)CN2CC(=O)Nc1ccc(O)cc1. The van der Waals surface area contributed by atoms with Gasteiger partial charge in [-0.2, -0.15) is 0 Å². The van der Waals surface area contributed by atoms with Gasteiger partial charge in [0.2, 0.25) is 5.91 Å². The van der Waals surface area contributed by atoms with Crippen molar-refractivity contribution in [1.29, 1.82) is 0 Å².